The summed E-state index contributed by atoms with van der Waals surface area (Å²) in [6.45, 7) is 2.52. The lowest BCUT2D eigenvalue weighted by Gasteiger charge is -2.14. The molecule has 4 aromatic carbocycles. The van der Waals surface area contributed by atoms with Crippen LogP contribution in [0, 0.1) is 22.7 Å². The van der Waals surface area contributed by atoms with Gasteiger partial charge in [-0.1, -0.05) is 30.3 Å². The van der Waals surface area contributed by atoms with Gasteiger partial charge in [0, 0.05) is 66.9 Å². The van der Waals surface area contributed by atoms with Gasteiger partial charge in [-0.05, 0) is 78.3 Å². The number of benzene rings is 4. The summed E-state index contributed by atoms with van der Waals surface area (Å²) in [5.74, 6) is 5.78. The lowest BCUT2D eigenvalue weighted by atomic mass is 9.79. The van der Waals surface area contributed by atoms with Crippen molar-refractivity contribution in [3.8, 4) is 46.5 Å². The Hall–Kier alpha value is -8.49. The number of fused-ring (bicyclic) bond motifs is 2. The molecule has 0 atom stereocenters. The Balaban J connectivity index is 0.000000184. The van der Waals surface area contributed by atoms with Crippen molar-refractivity contribution in [1.29, 1.82) is 10.5 Å². The first-order chi connectivity index (χ1) is 33.2. The van der Waals surface area contributed by atoms with Crippen LogP contribution >= 0.6 is 11.6 Å². The van der Waals surface area contributed by atoms with E-state index in [1.165, 1.54) is 20.4 Å². The number of nitrogens with one attached hydrogen (secondary N) is 4. The summed E-state index contributed by atoms with van der Waals surface area (Å²) in [4.78, 5) is 26.3. The van der Waals surface area contributed by atoms with E-state index in [1.54, 1.807) is 62.9 Å². The maximum Gasteiger partial charge on any atom is 0.492 e. The maximum atomic E-state index is 8.93. The van der Waals surface area contributed by atoms with Gasteiger partial charge in [-0.15, -0.1) is 0 Å². The number of pyridine rings is 2. The summed E-state index contributed by atoms with van der Waals surface area (Å²) >= 11 is 5.95. The van der Waals surface area contributed by atoms with Gasteiger partial charge in [0.15, 0.2) is 5.82 Å². The Morgan fingerprint density at radius 2 is 1.06 bits per heavy atom. The Labute approximate surface area is 397 Å². The molecule has 4 heterocycles. The molecule has 18 nitrogen and oxygen atoms in total. The molecule has 0 radical (unpaired) electrons. The molecule has 20 heteroatoms. The fourth-order valence-electron chi connectivity index (χ4n) is 6.40. The van der Waals surface area contributed by atoms with Gasteiger partial charge >= 0.3 is 7.12 Å². The predicted molar refractivity (Wildman–Crippen MR) is 264 cm³/mol. The quantitative estimate of drug-likeness (QED) is 0.0341. The number of ether oxygens (including phenoxy) is 4. The summed E-state index contributed by atoms with van der Waals surface area (Å²) in [6.07, 6.45) is 3.08. The molecule has 0 aliphatic heterocycles. The van der Waals surface area contributed by atoms with Crippen LogP contribution in [0.3, 0.4) is 0 Å². The van der Waals surface area contributed by atoms with E-state index in [9.17, 15) is 0 Å². The highest BCUT2D eigenvalue weighted by atomic mass is 35.5. The van der Waals surface area contributed by atoms with E-state index in [0.717, 1.165) is 39.0 Å². The summed E-state index contributed by atoms with van der Waals surface area (Å²) in [5, 5.41) is 50.6. The Bertz CT molecular complexity index is 3010. The molecule has 8 rings (SSSR count). The number of aromatic nitrogens is 6. The van der Waals surface area contributed by atoms with Crippen molar-refractivity contribution >= 4 is 69.3 Å². The van der Waals surface area contributed by atoms with Gasteiger partial charge in [-0.2, -0.15) is 10.5 Å². The van der Waals surface area contributed by atoms with Crippen LogP contribution in [-0.4, -0.2) is 102 Å². The van der Waals surface area contributed by atoms with Crippen molar-refractivity contribution in [2.75, 3.05) is 75.9 Å². The Morgan fingerprint density at radius 1 is 0.559 bits per heavy atom. The summed E-state index contributed by atoms with van der Waals surface area (Å²) in [7, 11) is 4.69. The standard InChI is InChI=1S/C24H22N6O2.C16H13ClN6.C8H11BO4/c1-31-17-8-9-19(21(13-17)32-2)24-29-20-6-4-3-5-18(20)23(30-24)27-12-11-26-22-10-7-16(14-25)15-28-22;17-16-22-13-4-2-1-3-12(13)15(23-16)20-8-7-19-14-6-5-11(9-18)10-21-14;1-12-6-3-4-7(9(10)11)8(5-6)13-2/h3-10,13,15H,11-12H2,1-2H3,(H,26,28)(H,27,29,30);1-6,10H,7-8H2,(H,19,21)(H,20,22,23);3-5,10-11H,1-2H3. The van der Waals surface area contributed by atoms with Crippen molar-refractivity contribution in [3.05, 3.63) is 138 Å². The molecule has 68 heavy (non-hydrogen) atoms. The number of nitrogens with zero attached hydrogens (tertiary/aromatic N) is 8. The summed E-state index contributed by atoms with van der Waals surface area (Å²) in [6, 6.07) is 37.0. The van der Waals surface area contributed by atoms with Gasteiger partial charge in [-0.3, -0.25) is 0 Å². The number of nitriles is 2. The van der Waals surface area contributed by atoms with Gasteiger partial charge < -0.3 is 50.3 Å². The lowest BCUT2D eigenvalue weighted by Crippen LogP contribution is -2.31. The molecule has 0 unspecified atom stereocenters. The third-order valence-electron chi connectivity index (χ3n) is 9.78. The third-order valence-corrected chi connectivity index (χ3v) is 9.95. The van der Waals surface area contributed by atoms with Gasteiger partial charge in [0.1, 0.15) is 58.4 Å². The van der Waals surface area contributed by atoms with Crippen LogP contribution in [0.25, 0.3) is 33.2 Å². The second kappa shape index (κ2) is 24.7. The van der Waals surface area contributed by atoms with Crippen molar-refractivity contribution < 1.29 is 29.0 Å². The molecule has 0 fully saturated rings. The fraction of sp³-hybridized carbons (Fsp3) is 0.167. The molecule has 0 saturated carbocycles. The van der Waals surface area contributed by atoms with E-state index >= 15 is 0 Å². The molecule has 0 bridgehead atoms. The smallest absolute Gasteiger partial charge is 0.492 e. The van der Waals surface area contributed by atoms with Crippen molar-refractivity contribution in [3.63, 3.8) is 0 Å². The molecule has 4 aromatic heterocycles. The number of methoxy groups -OCH3 is 4. The van der Waals surface area contributed by atoms with Gasteiger partial charge in [0.2, 0.25) is 5.28 Å². The second-order valence-electron chi connectivity index (χ2n) is 14.1. The number of para-hydroxylation sites is 2. The largest absolute Gasteiger partial charge is 0.497 e. The first-order valence-corrected chi connectivity index (χ1v) is 21.2. The molecule has 0 aliphatic carbocycles. The van der Waals surface area contributed by atoms with E-state index in [2.05, 4.69) is 47.3 Å². The number of anilines is 4. The van der Waals surface area contributed by atoms with Crippen molar-refractivity contribution in [2.45, 2.75) is 0 Å². The molecule has 6 N–H and O–H groups in total. The van der Waals surface area contributed by atoms with E-state index in [-0.39, 0.29) is 5.28 Å². The monoisotopic (exact) mass is 932 g/mol. The van der Waals surface area contributed by atoms with Crippen LogP contribution in [0.4, 0.5) is 23.3 Å². The molecule has 0 saturated heterocycles. The highest BCUT2D eigenvalue weighted by Crippen LogP contribution is 2.33. The number of rotatable bonds is 16. The number of hydrogen-bond acceptors (Lipinski definition) is 18. The van der Waals surface area contributed by atoms with E-state index in [0.29, 0.717) is 83.2 Å². The summed E-state index contributed by atoms with van der Waals surface area (Å²) < 4.78 is 20.7. The Morgan fingerprint density at radius 3 is 1.56 bits per heavy atom. The molecule has 0 aliphatic rings. The lowest BCUT2D eigenvalue weighted by molar-refractivity contribution is 0.390. The Kier molecular flexibility index (Phi) is 17.8. The van der Waals surface area contributed by atoms with Crippen LogP contribution < -0.4 is 45.7 Å². The number of halogens is 1. The maximum absolute atomic E-state index is 8.93. The average molecular weight is 933 g/mol. The molecular weight excluding hydrogens is 887 g/mol. The minimum Gasteiger partial charge on any atom is -0.497 e. The van der Waals surface area contributed by atoms with E-state index in [1.807, 2.05) is 72.8 Å². The highest BCUT2D eigenvalue weighted by Gasteiger charge is 2.17. The van der Waals surface area contributed by atoms with Crippen molar-refractivity contribution in [2.24, 2.45) is 0 Å². The first-order valence-electron chi connectivity index (χ1n) is 20.8. The molecule has 0 amide bonds. The molecular formula is C48H46BClN12O6. The SMILES string of the molecule is COc1ccc(-c2nc(NCCNc3ccc(C#N)cn3)c3ccccc3n2)c(OC)c1.COc1ccc(B(O)O)c(OC)c1.N#Cc1ccc(NCCNc2nc(Cl)nc3ccccc23)nc1. The van der Waals surface area contributed by atoms with Gasteiger partial charge in [0.05, 0.1) is 56.2 Å². The highest BCUT2D eigenvalue weighted by molar-refractivity contribution is 6.59. The zero-order valence-corrected chi connectivity index (χ0v) is 38.2. The van der Waals surface area contributed by atoms with E-state index in [4.69, 9.17) is 61.1 Å². The van der Waals surface area contributed by atoms with Crippen LogP contribution in [0.15, 0.2) is 122 Å². The zero-order valence-electron chi connectivity index (χ0n) is 37.4. The van der Waals surface area contributed by atoms with Crippen molar-refractivity contribution in [1.82, 2.24) is 29.9 Å². The van der Waals surface area contributed by atoms with Crippen LogP contribution in [0.1, 0.15) is 11.1 Å². The minimum atomic E-state index is -1.53. The third kappa shape index (κ3) is 13.3. The second-order valence-corrected chi connectivity index (χ2v) is 14.5. The number of hydrogen-bond donors (Lipinski definition) is 6. The first kappa shape index (κ1) is 49.0. The average Bonchev–Trinajstić information content (AvgIpc) is 3.38. The fourth-order valence-corrected chi connectivity index (χ4v) is 6.58. The van der Waals surface area contributed by atoms with E-state index < -0.39 is 7.12 Å². The minimum absolute atomic E-state index is 0.216. The van der Waals surface area contributed by atoms with Gasteiger partial charge in [0.25, 0.3) is 0 Å². The molecule has 0 spiro atoms. The zero-order chi connectivity index (χ0) is 48.3. The van der Waals surface area contributed by atoms with Crippen LogP contribution in [0.2, 0.25) is 5.28 Å². The summed E-state index contributed by atoms with van der Waals surface area (Å²) in [5.41, 5.74) is 3.81. The molecule has 344 valence electrons. The van der Waals surface area contributed by atoms with Crippen LogP contribution in [0.5, 0.6) is 23.0 Å². The molecule has 8 aromatic rings. The van der Waals surface area contributed by atoms with Gasteiger partial charge in [-0.25, -0.2) is 29.9 Å². The normalized spacial score (nSPS) is 10.2. The van der Waals surface area contributed by atoms with Crippen LogP contribution in [-0.2, 0) is 0 Å². The topological polar surface area (TPSA) is 250 Å². The predicted octanol–water partition coefficient (Wildman–Crippen LogP) is 6.56.